The molecule has 0 atom stereocenters. The fourth-order valence-corrected chi connectivity index (χ4v) is 2.77. The molecule has 0 bridgehead atoms. The first-order chi connectivity index (χ1) is 10.1. The molecule has 0 heterocycles. The van der Waals surface area contributed by atoms with E-state index < -0.39 is 28.7 Å². The van der Waals surface area contributed by atoms with E-state index in [0.29, 0.717) is 17.7 Å². The molecule has 1 rings (SSSR count). The van der Waals surface area contributed by atoms with E-state index in [-0.39, 0.29) is 12.2 Å². The molecule has 1 aromatic rings. The molecular weight excluding hydrogens is 321 g/mol. The smallest absolute Gasteiger partial charge is 0.347 e. The van der Waals surface area contributed by atoms with Crippen LogP contribution in [0.4, 0.5) is 18.9 Å². The van der Waals surface area contributed by atoms with Gasteiger partial charge in [0.25, 0.3) is 0 Å². The van der Waals surface area contributed by atoms with Gasteiger partial charge in [0.1, 0.15) is 6.54 Å². The Bertz CT molecular complexity index is 598. The van der Waals surface area contributed by atoms with Crippen LogP contribution in [-0.2, 0) is 21.2 Å². The lowest BCUT2D eigenvalue weighted by Crippen LogP contribution is -2.34. The number of amides is 1. The largest absolute Gasteiger partial charge is 0.405 e. The topological polar surface area (TPSA) is 75.3 Å². The molecule has 1 aromatic carbocycles. The Hall–Kier alpha value is -1.77. The second-order valence-electron chi connectivity index (χ2n) is 4.69. The fraction of sp³-hybridized carbons (Fsp3) is 0.462. The van der Waals surface area contributed by atoms with Gasteiger partial charge in [-0.1, -0.05) is 19.1 Å². The van der Waals surface area contributed by atoms with Crippen LogP contribution in [0.3, 0.4) is 0 Å². The minimum absolute atomic E-state index is 0.00536. The molecule has 9 heteroatoms. The van der Waals surface area contributed by atoms with E-state index in [0.717, 1.165) is 0 Å². The first kappa shape index (κ1) is 18.3. The van der Waals surface area contributed by atoms with Crippen LogP contribution < -0.4 is 10.0 Å². The summed E-state index contributed by atoms with van der Waals surface area (Å²) in [6, 6.07) is 5.88. The summed E-state index contributed by atoms with van der Waals surface area (Å²) in [6.45, 7) is 0.364. The molecule has 0 saturated heterocycles. The van der Waals surface area contributed by atoms with Crippen LogP contribution in [0, 0.1) is 0 Å². The van der Waals surface area contributed by atoms with Crippen LogP contribution in [0.25, 0.3) is 0 Å². The van der Waals surface area contributed by atoms with E-state index in [9.17, 15) is 26.4 Å². The van der Waals surface area contributed by atoms with Crippen molar-refractivity contribution in [3.8, 4) is 0 Å². The molecule has 2 N–H and O–H groups in total. The lowest BCUT2D eigenvalue weighted by Gasteiger charge is -2.09. The Morgan fingerprint density at radius 1 is 1.18 bits per heavy atom. The molecule has 0 aliphatic heterocycles. The van der Waals surface area contributed by atoms with Gasteiger partial charge >= 0.3 is 6.18 Å². The van der Waals surface area contributed by atoms with Crippen LogP contribution in [0.15, 0.2) is 24.3 Å². The van der Waals surface area contributed by atoms with E-state index >= 15 is 0 Å². The number of halogens is 3. The minimum atomic E-state index is -4.45. The van der Waals surface area contributed by atoms with Crippen LogP contribution in [0.1, 0.15) is 18.9 Å². The number of carbonyl (C=O) groups excluding carboxylic acids is 1. The third kappa shape index (κ3) is 7.30. The molecular formula is C13H17F3N2O3S. The zero-order valence-electron chi connectivity index (χ0n) is 11.9. The molecule has 124 valence electrons. The van der Waals surface area contributed by atoms with Gasteiger partial charge < -0.3 is 5.32 Å². The molecule has 0 spiro atoms. The van der Waals surface area contributed by atoms with Gasteiger partial charge in [0.2, 0.25) is 15.9 Å². The van der Waals surface area contributed by atoms with Crippen molar-refractivity contribution in [2.45, 2.75) is 25.9 Å². The summed E-state index contributed by atoms with van der Waals surface area (Å²) in [5.41, 5.74) is 0.825. The molecule has 0 aliphatic rings. The monoisotopic (exact) mass is 338 g/mol. The number of hydrogen-bond donors (Lipinski definition) is 2. The number of alkyl halides is 3. The third-order valence-corrected chi connectivity index (χ3v) is 4.04. The average Bonchev–Trinajstić information content (AvgIpc) is 2.37. The zero-order valence-corrected chi connectivity index (χ0v) is 12.7. The number of benzene rings is 1. The van der Waals surface area contributed by atoms with E-state index in [4.69, 9.17) is 0 Å². The highest BCUT2D eigenvalue weighted by Gasteiger charge is 2.27. The summed E-state index contributed by atoms with van der Waals surface area (Å²) < 4.78 is 61.3. The molecule has 0 fully saturated rings. The molecule has 1 amide bonds. The van der Waals surface area contributed by atoms with Gasteiger partial charge in [-0.05, 0) is 24.1 Å². The molecule has 5 nitrogen and oxygen atoms in total. The van der Waals surface area contributed by atoms with E-state index in [1.807, 2.05) is 0 Å². The number of carbonyl (C=O) groups is 1. The predicted octanol–water partition coefficient (Wildman–Crippen LogP) is 2.06. The van der Waals surface area contributed by atoms with Crippen molar-refractivity contribution in [1.82, 2.24) is 5.32 Å². The molecule has 0 aliphatic carbocycles. The summed E-state index contributed by atoms with van der Waals surface area (Å²) in [6.07, 6.45) is -4.18. The Labute approximate surface area is 127 Å². The first-order valence-corrected chi connectivity index (χ1v) is 8.19. The van der Waals surface area contributed by atoms with Gasteiger partial charge in [-0.15, -0.1) is 0 Å². The number of rotatable bonds is 7. The number of nitrogens with one attached hydrogen (secondary N) is 2. The Balaban J connectivity index is 2.57. The van der Waals surface area contributed by atoms with E-state index in [1.54, 1.807) is 12.2 Å². The van der Waals surface area contributed by atoms with Crippen LogP contribution >= 0.6 is 0 Å². The van der Waals surface area contributed by atoms with Gasteiger partial charge in [-0.3, -0.25) is 9.52 Å². The van der Waals surface area contributed by atoms with Crippen LogP contribution in [0.2, 0.25) is 0 Å². The molecule has 0 unspecified atom stereocenters. The third-order valence-electron chi connectivity index (χ3n) is 2.55. The number of sulfonamides is 1. The van der Waals surface area contributed by atoms with Crippen molar-refractivity contribution >= 4 is 21.6 Å². The quantitative estimate of drug-likeness (QED) is 0.799. The lowest BCUT2D eigenvalue weighted by molar-refractivity contribution is -0.138. The Morgan fingerprint density at radius 2 is 1.77 bits per heavy atom. The van der Waals surface area contributed by atoms with Gasteiger partial charge in [-0.25, -0.2) is 8.42 Å². The lowest BCUT2D eigenvalue weighted by atomic mass is 10.1. The highest BCUT2D eigenvalue weighted by molar-refractivity contribution is 7.92. The van der Waals surface area contributed by atoms with Gasteiger partial charge in [0, 0.05) is 5.69 Å². The summed E-state index contributed by atoms with van der Waals surface area (Å²) >= 11 is 0. The van der Waals surface area contributed by atoms with Crippen molar-refractivity contribution < 1.29 is 26.4 Å². The van der Waals surface area contributed by atoms with Crippen LogP contribution in [0.5, 0.6) is 0 Å². The fourth-order valence-electron chi connectivity index (χ4n) is 1.64. The van der Waals surface area contributed by atoms with Crippen molar-refractivity contribution in [3.05, 3.63) is 29.8 Å². The second kappa shape index (κ2) is 7.48. The second-order valence-corrected chi connectivity index (χ2v) is 6.53. The van der Waals surface area contributed by atoms with Crippen molar-refractivity contribution in [2.75, 3.05) is 17.0 Å². The first-order valence-electron chi connectivity index (χ1n) is 6.54. The number of hydrogen-bond acceptors (Lipinski definition) is 3. The zero-order chi connectivity index (χ0) is 16.8. The minimum Gasteiger partial charge on any atom is -0.347 e. The summed E-state index contributed by atoms with van der Waals surface area (Å²) in [4.78, 5) is 11.3. The van der Waals surface area contributed by atoms with Gasteiger partial charge in [0.15, 0.2) is 0 Å². The van der Waals surface area contributed by atoms with Crippen molar-refractivity contribution in [3.63, 3.8) is 0 Å². The highest BCUT2D eigenvalue weighted by atomic mass is 32.2. The van der Waals surface area contributed by atoms with E-state index in [1.165, 1.54) is 24.3 Å². The van der Waals surface area contributed by atoms with Gasteiger partial charge in [0.05, 0.1) is 12.2 Å². The van der Waals surface area contributed by atoms with Crippen molar-refractivity contribution in [2.24, 2.45) is 0 Å². The van der Waals surface area contributed by atoms with Crippen molar-refractivity contribution in [1.29, 1.82) is 0 Å². The summed E-state index contributed by atoms with van der Waals surface area (Å²) in [7, 11) is -3.40. The molecule has 0 aromatic heterocycles. The molecule has 22 heavy (non-hydrogen) atoms. The molecule has 0 radical (unpaired) electrons. The summed E-state index contributed by atoms with van der Waals surface area (Å²) in [5.74, 6) is -0.758. The predicted molar refractivity (Wildman–Crippen MR) is 76.9 cm³/mol. The standard InChI is InChI=1S/C13H17F3N2O3S/c1-2-7-22(20,21)18-11-5-3-10(4-6-11)8-12(19)17-9-13(14,15)16/h3-6,18H,2,7-9H2,1H3,(H,17,19). The Kier molecular flexibility index (Phi) is 6.21. The SMILES string of the molecule is CCCS(=O)(=O)Nc1ccc(CC(=O)NCC(F)(F)F)cc1. The maximum absolute atomic E-state index is 11.9. The molecule has 0 saturated carbocycles. The van der Waals surface area contributed by atoms with Gasteiger partial charge in [-0.2, -0.15) is 13.2 Å². The number of anilines is 1. The maximum Gasteiger partial charge on any atom is 0.405 e. The average molecular weight is 338 g/mol. The highest BCUT2D eigenvalue weighted by Crippen LogP contribution is 2.14. The maximum atomic E-state index is 11.9. The normalized spacial score (nSPS) is 12.0. The van der Waals surface area contributed by atoms with Crippen LogP contribution in [-0.4, -0.2) is 32.8 Å². The van der Waals surface area contributed by atoms with E-state index in [2.05, 4.69) is 4.72 Å². The Morgan fingerprint density at radius 3 is 2.27 bits per heavy atom. The summed E-state index contributed by atoms with van der Waals surface area (Å²) in [5, 5.41) is 1.77.